The number of pyridine rings is 1. The predicted octanol–water partition coefficient (Wildman–Crippen LogP) is 2.01. The van der Waals surface area contributed by atoms with Crippen LogP contribution in [0.1, 0.15) is 5.69 Å². The fourth-order valence-corrected chi connectivity index (χ4v) is 0.683. The molecule has 0 N–H and O–H groups in total. The first kappa shape index (κ1) is 9.43. The molecule has 0 aliphatic heterocycles. The molecule has 1 aromatic heterocycles. The molecule has 0 bridgehead atoms. The Morgan fingerprint density at radius 1 is 1.38 bits per heavy atom. The van der Waals surface area contributed by atoms with Crippen molar-refractivity contribution in [1.29, 1.82) is 0 Å². The van der Waals surface area contributed by atoms with E-state index in [1.165, 1.54) is 0 Å². The van der Waals surface area contributed by atoms with E-state index < -0.39 is 22.6 Å². The van der Waals surface area contributed by atoms with E-state index in [0.717, 1.165) is 12.1 Å². The average Bonchev–Trinajstić information content (AvgIpc) is 2.03. The Balaban J connectivity index is 3.13. The first-order chi connectivity index (χ1) is 5.91. The Morgan fingerprint density at radius 2 is 2.00 bits per heavy atom. The molecule has 0 atom stereocenters. The molecule has 0 aliphatic carbocycles. The molecule has 0 amide bonds. The SMILES string of the molecule is O=[N+]([O-])c1cccc(C(F)(F)F)n1. The number of aromatic nitrogens is 1. The number of rotatable bonds is 1. The molecule has 0 unspecified atom stereocenters. The zero-order valence-corrected chi connectivity index (χ0v) is 6.08. The normalized spacial score (nSPS) is 11.3. The van der Waals surface area contributed by atoms with Crippen LogP contribution in [0.15, 0.2) is 18.2 Å². The van der Waals surface area contributed by atoms with E-state index in [2.05, 4.69) is 4.98 Å². The van der Waals surface area contributed by atoms with Crippen molar-refractivity contribution in [3.8, 4) is 0 Å². The van der Waals surface area contributed by atoms with Crippen LogP contribution in [-0.4, -0.2) is 9.91 Å². The van der Waals surface area contributed by atoms with Gasteiger partial charge in [0.2, 0.25) is 0 Å². The van der Waals surface area contributed by atoms with Crippen molar-refractivity contribution in [2.24, 2.45) is 0 Å². The molecule has 7 heteroatoms. The third-order valence-electron chi connectivity index (χ3n) is 1.21. The van der Waals surface area contributed by atoms with Gasteiger partial charge < -0.3 is 10.1 Å². The predicted molar refractivity (Wildman–Crippen MR) is 35.9 cm³/mol. The maximum atomic E-state index is 11.9. The fraction of sp³-hybridized carbons (Fsp3) is 0.167. The highest BCUT2D eigenvalue weighted by atomic mass is 19.4. The first-order valence-corrected chi connectivity index (χ1v) is 3.10. The van der Waals surface area contributed by atoms with Crippen LogP contribution in [0.2, 0.25) is 0 Å². The van der Waals surface area contributed by atoms with Crippen molar-refractivity contribution < 1.29 is 18.1 Å². The molecule has 1 rings (SSSR count). The number of hydrogen-bond acceptors (Lipinski definition) is 3. The zero-order chi connectivity index (χ0) is 10.1. The summed E-state index contributed by atoms with van der Waals surface area (Å²) < 4.78 is 35.8. The zero-order valence-electron chi connectivity index (χ0n) is 6.08. The lowest BCUT2D eigenvalue weighted by Gasteiger charge is -2.00. The number of nitro groups is 1. The lowest BCUT2D eigenvalue weighted by Crippen LogP contribution is -2.08. The second-order valence-electron chi connectivity index (χ2n) is 2.14. The van der Waals surface area contributed by atoms with Crippen molar-refractivity contribution in [3.05, 3.63) is 34.0 Å². The summed E-state index contributed by atoms with van der Waals surface area (Å²) in [4.78, 5) is 11.9. The van der Waals surface area contributed by atoms with Gasteiger partial charge in [0.15, 0.2) is 0 Å². The molecule has 1 heterocycles. The first-order valence-electron chi connectivity index (χ1n) is 3.10. The molecule has 0 fully saturated rings. The largest absolute Gasteiger partial charge is 0.457 e. The van der Waals surface area contributed by atoms with E-state index in [4.69, 9.17) is 0 Å². The third kappa shape index (κ3) is 2.14. The summed E-state index contributed by atoms with van der Waals surface area (Å²) in [6, 6.07) is 2.51. The van der Waals surface area contributed by atoms with E-state index in [1.807, 2.05) is 0 Å². The lowest BCUT2D eigenvalue weighted by molar-refractivity contribution is -0.390. The number of alkyl halides is 3. The average molecular weight is 192 g/mol. The van der Waals surface area contributed by atoms with E-state index in [1.54, 1.807) is 0 Å². The van der Waals surface area contributed by atoms with Crippen molar-refractivity contribution in [2.75, 3.05) is 0 Å². The minimum Gasteiger partial charge on any atom is -0.358 e. The van der Waals surface area contributed by atoms with Gasteiger partial charge in [0.1, 0.15) is 0 Å². The van der Waals surface area contributed by atoms with Crippen LogP contribution >= 0.6 is 0 Å². The Hall–Kier alpha value is -1.66. The van der Waals surface area contributed by atoms with Crippen LogP contribution in [0.4, 0.5) is 19.0 Å². The van der Waals surface area contributed by atoms with Crippen LogP contribution in [-0.2, 0) is 6.18 Å². The Bertz CT molecular complexity index is 337. The number of hydrogen-bond donors (Lipinski definition) is 0. The van der Waals surface area contributed by atoms with Gasteiger partial charge in [0.25, 0.3) is 5.69 Å². The summed E-state index contributed by atoms with van der Waals surface area (Å²) in [7, 11) is 0. The highest BCUT2D eigenvalue weighted by Gasteiger charge is 2.37. The summed E-state index contributed by atoms with van der Waals surface area (Å²) in [5.41, 5.74) is -1.26. The maximum absolute atomic E-state index is 11.9. The highest BCUT2D eigenvalue weighted by Crippen LogP contribution is 2.28. The van der Waals surface area contributed by atoms with Crippen molar-refractivity contribution in [1.82, 2.24) is 4.98 Å². The monoisotopic (exact) mass is 192 g/mol. The quantitative estimate of drug-likeness (QED) is 0.505. The van der Waals surface area contributed by atoms with Gasteiger partial charge in [-0.3, -0.25) is 0 Å². The molecular weight excluding hydrogens is 189 g/mol. The molecule has 0 aromatic carbocycles. The highest BCUT2D eigenvalue weighted by molar-refractivity contribution is 5.22. The molecular formula is C6H3F3N2O2. The summed E-state index contributed by atoms with van der Waals surface area (Å²) >= 11 is 0. The molecule has 70 valence electrons. The van der Waals surface area contributed by atoms with E-state index in [-0.39, 0.29) is 0 Å². The molecule has 0 spiro atoms. The second-order valence-corrected chi connectivity index (χ2v) is 2.14. The maximum Gasteiger partial charge on any atom is 0.457 e. The summed E-state index contributed by atoms with van der Waals surface area (Å²) in [5, 5.41) is 10.1. The molecule has 0 saturated heterocycles. The van der Waals surface area contributed by atoms with Crippen LogP contribution in [0.3, 0.4) is 0 Å². The molecule has 13 heavy (non-hydrogen) atoms. The summed E-state index contributed by atoms with van der Waals surface area (Å²) in [6.07, 6.45) is -4.65. The topological polar surface area (TPSA) is 56.0 Å². The number of halogens is 3. The molecule has 4 nitrogen and oxygen atoms in total. The fourth-order valence-electron chi connectivity index (χ4n) is 0.683. The van der Waals surface area contributed by atoms with E-state index >= 15 is 0 Å². The minimum absolute atomic E-state index is 0.674. The Labute approximate surface area is 70.2 Å². The van der Waals surface area contributed by atoms with Gasteiger partial charge in [-0.1, -0.05) is 0 Å². The molecule has 0 radical (unpaired) electrons. The third-order valence-corrected chi connectivity index (χ3v) is 1.21. The van der Waals surface area contributed by atoms with Crippen LogP contribution in [0.5, 0.6) is 0 Å². The smallest absolute Gasteiger partial charge is 0.358 e. The van der Waals surface area contributed by atoms with Crippen molar-refractivity contribution in [3.63, 3.8) is 0 Å². The molecule has 1 aromatic rings. The van der Waals surface area contributed by atoms with Crippen molar-refractivity contribution in [2.45, 2.75) is 6.18 Å². The summed E-state index contributed by atoms with van der Waals surface area (Å²) in [5.74, 6) is -0.810. The van der Waals surface area contributed by atoms with Gasteiger partial charge in [0.05, 0.1) is 0 Å². The van der Waals surface area contributed by atoms with Crippen LogP contribution in [0, 0.1) is 10.1 Å². The number of nitrogens with zero attached hydrogens (tertiary/aromatic N) is 2. The summed E-state index contributed by atoms with van der Waals surface area (Å²) in [6.45, 7) is 0. The van der Waals surface area contributed by atoms with Crippen LogP contribution in [0.25, 0.3) is 0 Å². The van der Waals surface area contributed by atoms with Gasteiger partial charge in [-0.05, 0) is 22.0 Å². The Kier molecular flexibility index (Phi) is 2.18. The van der Waals surface area contributed by atoms with Crippen LogP contribution < -0.4 is 0 Å². The minimum atomic E-state index is -4.65. The lowest BCUT2D eigenvalue weighted by atomic mass is 10.3. The van der Waals surface area contributed by atoms with Gasteiger partial charge >= 0.3 is 12.0 Å². The standard InChI is InChI=1S/C6H3F3N2O2/c7-6(8,9)4-2-1-3-5(10-4)11(12)13/h1-3H. The Morgan fingerprint density at radius 3 is 2.46 bits per heavy atom. The second kappa shape index (κ2) is 3.00. The van der Waals surface area contributed by atoms with E-state index in [9.17, 15) is 23.3 Å². The van der Waals surface area contributed by atoms with Gasteiger partial charge in [-0.25, -0.2) is 0 Å². The van der Waals surface area contributed by atoms with Crippen molar-refractivity contribution >= 4 is 5.82 Å². The van der Waals surface area contributed by atoms with Gasteiger partial charge in [0, 0.05) is 6.07 Å². The van der Waals surface area contributed by atoms with Gasteiger partial charge in [-0.2, -0.15) is 13.2 Å². The molecule has 0 aliphatic rings. The van der Waals surface area contributed by atoms with Gasteiger partial charge in [-0.15, -0.1) is 0 Å². The molecule has 0 saturated carbocycles. The van der Waals surface area contributed by atoms with E-state index in [0.29, 0.717) is 6.07 Å².